The van der Waals surface area contributed by atoms with Crippen molar-refractivity contribution in [3.05, 3.63) is 35.9 Å². The molecule has 1 aliphatic heterocycles. The molecule has 1 heterocycles. The highest BCUT2D eigenvalue weighted by Crippen LogP contribution is 2.56. The zero-order valence-corrected chi connectivity index (χ0v) is 18.9. The van der Waals surface area contributed by atoms with Gasteiger partial charge < -0.3 is 20.3 Å². The summed E-state index contributed by atoms with van der Waals surface area (Å²) in [5.74, 6) is -1.75. The number of unbranched alkanes of at least 4 members (excludes halogenated alkanes) is 5. The molecule has 180 valence electrons. The minimum atomic E-state index is -0.881. The Bertz CT molecular complexity index is 815. The van der Waals surface area contributed by atoms with Crippen LogP contribution in [0.5, 0.6) is 0 Å². The topological polar surface area (TPSA) is 116 Å². The van der Waals surface area contributed by atoms with Crippen LogP contribution in [0.3, 0.4) is 0 Å². The summed E-state index contributed by atoms with van der Waals surface area (Å²) in [5, 5.41) is 23.0. The van der Waals surface area contributed by atoms with Gasteiger partial charge in [0.2, 0.25) is 11.8 Å². The molecule has 0 radical (unpaired) electrons. The van der Waals surface area contributed by atoms with Gasteiger partial charge in [-0.25, -0.2) is 4.79 Å². The number of rotatable bonds is 11. The van der Waals surface area contributed by atoms with Crippen molar-refractivity contribution >= 4 is 17.9 Å². The number of alkyl carbamates (subject to hydrolysis) is 1. The van der Waals surface area contributed by atoms with E-state index in [4.69, 9.17) is 4.74 Å². The monoisotopic (exact) mass is 458 g/mol. The fourth-order valence-electron chi connectivity index (χ4n) is 5.78. The van der Waals surface area contributed by atoms with E-state index in [1.54, 1.807) is 0 Å². The number of hydrogen-bond acceptors (Lipinski definition) is 6. The molecule has 3 amide bonds. The van der Waals surface area contributed by atoms with Crippen molar-refractivity contribution in [1.29, 1.82) is 0 Å². The highest BCUT2D eigenvalue weighted by molar-refractivity contribution is 6.06. The zero-order valence-electron chi connectivity index (χ0n) is 18.9. The summed E-state index contributed by atoms with van der Waals surface area (Å²) in [5.41, 5.74) is 0.954. The second kappa shape index (κ2) is 10.7. The van der Waals surface area contributed by atoms with Gasteiger partial charge in [-0.3, -0.25) is 14.5 Å². The number of aliphatic hydroxyl groups excluding tert-OH is 2. The lowest BCUT2D eigenvalue weighted by atomic mass is 9.78. The predicted octanol–water partition coefficient (Wildman–Crippen LogP) is 2.23. The molecule has 1 aromatic rings. The minimum Gasteiger partial charge on any atom is -0.445 e. The molecule has 3 fully saturated rings. The van der Waals surface area contributed by atoms with Gasteiger partial charge in [-0.1, -0.05) is 56.0 Å². The van der Waals surface area contributed by atoms with E-state index in [-0.39, 0.29) is 30.3 Å². The third-order valence-corrected chi connectivity index (χ3v) is 7.47. The van der Waals surface area contributed by atoms with Gasteiger partial charge in [0.25, 0.3) is 0 Å². The molecular weight excluding hydrogens is 424 g/mol. The highest BCUT2D eigenvalue weighted by Gasteiger charge is 2.66. The van der Waals surface area contributed by atoms with E-state index >= 15 is 0 Å². The fourth-order valence-corrected chi connectivity index (χ4v) is 5.78. The van der Waals surface area contributed by atoms with Gasteiger partial charge >= 0.3 is 6.09 Å². The Hall–Kier alpha value is -2.45. The van der Waals surface area contributed by atoms with E-state index in [0.29, 0.717) is 19.5 Å². The molecule has 6 atom stereocenters. The van der Waals surface area contributed by atoms with Crippen molar-refractivity contribution in [2.75, 3.05) is 13.1 Å². The van der Waals surface area contributed by atoms with Crippen molar-refractivity contribution in [1.82, 2.24) is 10.2 Å². The summed E-state index contributed by atoms with van der Waals surface area (Å²) in [6.07, 6.45) is 3.99. The summed E-state index contributed by atoms with van der Waals surface area (Å²) in [4.78, 5) is 38.5. The maximum Gasteiger partial charge on any atom is 0.407 e. The molecule has 0 spiro atoms. The Morgan fingerprint density at radius 3 is 2.12 bits per heavy atom. The predicted molar refractivity (Wildman–Crippen MR) is 120 cm³/mol. The molecule has 3 aliphatic rings. The van der Waals surface area contributed by atoms with Crippen LogP contribution in [0.2, 0.25) is 0 Å². The molecule has 4 rings (SSSR count). The molecule has 1 aromatic carbocycles. The second-order valence-electron chi connectivity index (χ2n) is 9.53. The van der Waals surface area contributed by atoms with E-state index in [2.05, 4.69) is 5.32 Å². The van der Waals surface area contributed by atoms with Crippen molar-refractivity contribution < 1.29 is 29.3 Å². The Morgan fingerprint density at radius 1 is 0.909 bits per heavy atom. The molecule has 2 bridgehead atoms. The van der Waals surface area contributed by atoms with Gasteiger partial charge in [0.05, 0.1) is 24.0 Å². The summed E-state index contributed by atoms with van der Waals surface area (Å²) < 4.78 is 5.17. The minimum absolute atomic E-state index is 0.159. The van der Waals surface area contributed by atoms with Crippen LogP contribution in [0.15, 0.2) is 30.3 Å². The summed E-state index contributed by atoms with van der Waals surface area (Å²) in [6.45, 7) is 1.26. The van der Waals surface area contributed by atoms with Gasteiger partial charge in [0.15, 0.2) is 0 Å². The highest BCUT2D eigenvalue weighted by atomic mass is 16.5. The number of fused-ring (bicyclic) bond motifs is 5. The van der Waals surface area contributed by atoms with Gasteiger partial charge in [-0.2, -0.15) is 0 Å². The van der Waals surface area contributed by atoms with E-state index < -0.39 is 30.1 Å². The van der Waals surface area contributed by atoms with E-state index in [1.165, 1.54) is 4.90 Å². The number of imide groups is 1. The van der Waals surface area contributed by atoms with Gasteiger partial charge in [0.1, 0.15) is 6.61 Å². The van der Waals surface area contributed by atoms with Crippen molar-refractivity contribution in [3.63, 3.8) is 0 Å². The first-order chi connectivity index (χ1) is 16.0. The number of aliphatic hydroxyl groups is 2. The van der Waals surface area contributed by atoms with Crippen LogP contribution in [-0.2, 0) is 20.9 Å². The number of carbonyl (C=O) groups is 3. The molecular formula is C25H34N2O6. The lowest BCUT2D eigenvalue weighted by Crippen LogP contribution is -2.43. The number of hydrogen-bond donors (Lipinski definition) is 3. The maximum atomic E-state index is 12.7. The van der Waals surface area contributed by atoms with Crippen molar-refractivity contribution in [2.45, 2.75) is 63.8 Å². The molecule has 8 heteroatoms. The van der Waals surface area contributed by atoms with Crippen LogP contribution >= 0.6 is 0 Å². The average molecular weight is 459 g/mol. The molecule has 1 saturated heterocycles. The quantitative estimate of drug-likeness (QED) is 0.346. The Balaban J connectivity index is 1.04. The molecule has 8 nitrogen and oxygen atoms in total. The van der Waals surface area contributed by atoms with Gasteiger partial charge in [-0.15, -0.1) is 0 Å². The van der Waals surface area contributed by atoms with Crippen LogP contribution in [0.25, 0.3) is 0 Å². The Labute approximate surface area is 194 Å². The zero-order chi connectivity index (χ0) is 23.4. The summed E-state index contributed by atoms with van der Waals surface area (Å²) >= 11 is 0. The SMILES string of the molecule is O=C(NCCCCCCCCN1C(=O)[C@@H]2[C@H]3C[C@H]([C@H](O)[C@@H]3O)[C@@H]2C1=O)OCc1ccccc1. The lowest BCUT2D eigenvalue weighted by molar-refractivity contribution is -0.141. The number of benzene rings is 1. The van der Waals surface area contributed by atoms with Crippen LogP contribution in [0.1, 0.15) is 50.5 Å². The Kier molecular flexibility index (Phi) is 7.65. The molecule has 2 aliphatic carbocycles. The number of likely N-dealkylation sites (tertiary alicyclic amines) is 1. The first-order valence-corrected chi connectivity index (χ1v) is 12.1. The third-order valence-electron chi connectivity index (χ3n) is 7.47. The Morgan fingerprint density at radius 2 is 1.48 bits per heavy atom. The number of nitrogens with one attached hydrogen (secondary N) is 1. The first-order valence-electron chi connectivity index (χ1n) is 12.1. The average Bonchev–Trinajstić information content (AvgIpc) is 3.43. The second-order valence-corrected chi connectivity index (χ2v) is 9.53. The molecule has 0 unspecified atom stereocenters. The van der Waals surface area contributed by atoms with Crippen molar-refractivity contribution in [3.8, 4) is 0 Å². The van der Waals surface area contributed by atoms with Crippen LogP contribution in [-0.4, -0.2) is 58.3 Å². The molecule has 33 heavy (non-hydrogen) atoms. The van der Waals surface area contributed by atoms with Gasteiger partial charge in [0, 0.05) is 24.9 Å². The smallest absolute Gasteiger partial charge is 0.407 e. The standard InChI is InChI=1S/C25H34N2O6/c28-21-17-14-18(22(21)29)20-19(17)23(30)27(24(20)31)13-9-4-2-1-3-8-12-26-25(32)33-15-16-10-6-5-7-11-16/h5-7,10-11,17-22,28-29H,1-4,8-9,12-15H2,(H,26,32)/t17-,18+,19-,20+,21-,22+. The summed E-state index contributed by atoms with van der Waals surface area (Å²) in [7, 11) is 0. The van der Waals surface area contributed by atoms with E-state index in [0.717, 1.165) is 44.1 Å². The van der Waals surface area contributed by atoms with Crippen LogP contribution < -0.4 is 5.32 Å². The first kappa shape index (κ1) is 23.7. The van der Waals surface area contributed by atoms with E-state index in [1.807, 2.05) is 30.3 Å². The van der Waals surface area contributed by atoms with E-state index in [9.17, 15) is 24.6 Å². The number of carbonyl (C=O) groups excluding carboxylic acids is 3. The third kappa shape index (κ3) is 5.06. The summed E-state index contributed by atoms with van der Waals surface area (Å²) in [6, 6.07) is 9.55. The molecule has 0 aromatic heterocycles. The largest absolute Gasteiger partial charge is 0.445 e. The fraction of sp³-hybridized carbons (Fsp3) is 0.640. The normalized spacial score (nSPS) is 30.1. The van der Waals surface area contributed by atoms with Crippen LogP contribution in [0, 0.1) is 23.7 Å². The molecule has 3 N–H and O–H groups in total. The lowest BCUT2D eigenvalue weighted by Gasteiger charge is -2.29. The molecule has 2 saturated carbocycles. The van der Waals surface area contributed by atoms with Crippen molar-refractivity contribution in [2.24, 2.45) is 23.7 Å². The number of ether oxygens (including phenoxy) is 1. The van der Waals surface area contributed by atoms with Gasteiger partial charge in [-0.05, 0) is 24.8 Å². The number of nitrogens with zero attached hydrogens (tertiary/aromatic N) is 1. The number of amides is 3. The maximum absolute atomic E-state index is 12.7. The van der Waals surface area contributed by atoms with Crippen LogP contribution in [0.4, 0.5) is 4.79 Å².